The third-order valence-electron chi connectivity index (χ3n) is 2.82. The van der Waals surface area contributed by atoms with Gasteiger partial charge in [-0.3, -0.25) is 5.10 Å². The van der Waals surface area contributed by atoms with Crippen LogP contribution in [0, 0.1) is 0 Å². The Bertz CT molecular complexity index is 628. The Hall–Kier alpha value is -1.37. The first-order valence-corrected chi connectivity index (χ1v) is 7.64. The van der Waals surface area contributed by atoms with Gasteiger partial charge in [-0.2, -0.15) is 9.82 Å². The second kappa shape index (κ2) is 5.32. The van der Waals surface area contributed by atoms with Crippen molar-refractivity contribution in [1.29, 1.82) is 0 Å². The van der Waals surface area contributed by atoms with Gasteiger partial charge in [0.25, 0.3) is 0 Å². The van der Waals surface area contributed by atoms with Gasteiger partial charge >= 0.3 is 0 Å². The molecular weight excluding hydrogens is 286 g/mol. The smallest absolute Gasteiger partial charge is 0.244 e. The zero-order chi connectivity index (χ0) is 13.9. The van der Waals surface area contributed by atoms with Crippen molar-refractivity contribution in [3.8, 4) is 0 Å². The predicted molar refractivity (Wildman–Crippen MR) is 73.4 cm³/mol. The summed E-state index contributed by atoms with van der Waals surface area (Å²) in [6.45, 7) is 1.74. The molecule has 0 aliphatic carbocycles. The van der Waals surface area contributed by atoms with Crippen LogP contribution in [0.3, 0.4) is 0 Å². The minimum atomic E-state index is -3.66. The fraction of sp³-hybridized carbons (Fsp3) is 0.250. The molecule has 1 aromatic carbocycles. The van der Waals surface area contributed by atoms with E-state index in [0.717, 1.165) is 5.56 Å². The molecular formula is C12H14ClN3O2S. The van der Waals surface area contributed by atoms with E-state index in [0.29, 0.717) is 0 Å². The largest absolute Gasteiger partial charge is 0.284 e. The van der Waals surface area contributed by atoms with Crippen LogP contribution in [-0.2, 0) is 15.6 Å². The maximum Gasteiger partial charge on any atom is 0.244 e. The van der Waals surface area contributed by atoms with Crippen molar-refractivity contribution in [3.05, 3.63) is 48.3 Å². The molecule has 1 aromatic heterocycles. The number of aromatic nitrogens is 2. The van der Waals surface area contributed by atoms with Crippen LogP contribution in [0.4, 0.5) is 0 Å². The first kappa shape index (κ1) is 14.0. The molecule has 7 heteroatoms. The Balaban J connectivity index is 2.35. The highest BCUT2D eigenvalue weighted by Crippen LogP contribution is 2.24. The number of sulfonamides is 1. The first-order valence-electron chi connectivity index (χ1n) is 5.62. The molecule has 0 radical (unpaired) electrons. The summed E-state index contributed by atoms with van der Waals surface area (Å²) in [5, 5.41) is 6.12. The highest BCUT2D eigenvalue weighted by molar-refractivity contribution is 7.89. The molecule has 0 aliphatic rings. The molecule has 0 spiro atoms. The summed E-state index contributed by atoms with van der Waals surface area (Å²) in [5.74, 6) is 0.119. The van der Waals surface area contributed by atoms with Crippen LogP contribution < -0.4 is 4.72 Å². The minimum absolute atomic E-state index is 0.0831. The number of alkyl halides is 1. The van der Waals surface area contributed by atoms with Gasteiger partial charge in [0.1, 0.15) is 4.90 Å². The number of rotatable bonds is 5. The maximum absolute atomic E-state index is 12.2. The number of H-pyrrole nitrogens is 1. The lowest BCUT2D eigenvalue weighted by Gasteiger charge is -2.28. The van der Waals surface area contributed by atoms with Gasteiger partial charge in [-0.25, -0.2) is 8.42 Å². The molecule has 2 aromatic rings. The van der Waals surface area contributed by atoms with Gasteiger partial charge in [-0.1, -0.05) is 30.3 Å². The van der Waals surface area contributed by atoms with Crippen LogP contribution in [0.1, 0.15) is 12.5 Å². The molecule has 0 saturated carbocycles. The lowest BCUT2D eigenvalue weighted by molar-refractivity contribution is 0.477. The summed E-state index contributed by atoms with van der Waals surface area (Å²) >= 11 is 5.96. The molecule has 19 heavy (non-hydrogen) atoms. The quantitative estimate of drug-likeness (QED) is 0.827. The van der Waals surface area contributed by atoms with Crippen LogP contribution in [0.2, 0.25) is 0 Å². The number of hydrogen-bond donors (Lipinski definition) is 2. The maximum atomic E-state index is 12.2. The zero-order valence-corrected chi connectivity index (χ0v) is 11.9. The van der Waals surface area contributed by atoms with Gasteiger partial charge < -0.3 is 0 Å². The molecule has 1 heterocycles. The SMILES string of the molecule is CC(CCl)(NS(=O)(=O)c1cn[nH]c1)c1ccccc1. The molecule has 0 saturated heterocycles. The monoisotopic (exact) mass is 299 g/mol. The Morgan fingerprint density at radius 2 is 2.05 bits per heavy atom. The van der Waals surface area contributed by atoms with E-state index in [1.807, 2.05) is 30.3 Å². The fourth-order valence-electron chi connectivity index (χ4n) is 1.71. The summed E-state index contributed by atoms with van der Waals surface area (Å²) in [4.78, 5) is 0.0831. The molecule has 0 aliphatic heterocycles. The van der Waals surface area contributed by atoms with E-state index >= 15 is 0 Å². The van der Waals surface area contributed by atoms with Gasteiger partial charge in [0.05, 0.1) is 11.7 Å². The molecule has 102 valence electrons. The molecule has 0 amide bonds. The average molecular weight is 300 g/mol. The molecule has 2 rings (SSSR count). The van der Waals surface area contributed by atoms with E-state index in [2.05, 4.69) is 14.9 Å². The number of nitrogens with zero attached hydrogens (tertiary/aromatic N) is 1. The van der Waals surface area contributed by atoms with Crippen molar-refractivity contribution in [1.82, 2.24) is 14.9 Å². The molecule has 2 N–H and O–H groups in total. The van der Waals surface area contributed by atoms with Crippen LogP contribution >= 0.6 is 11.6 Å². The summed E-state index contributed by atoms with van der Waals surface area (Å²) in [5.41, 5.74) is -0.0732. The average Bonchev–Trinajstić information content (AvgIpc) is 2.94. The second-order valence-electron chi connectivity index (χ2n) is 4.37. The lowest BCUT2D eigenvalue weighted by Crippen LogP contribution is -2.44. The zero-order valence-electron chi connectivity index (χ0n) is 10.3. The molecule has 0 bridgehead atoms. The van der Waals surface area contributed by atoms with E-state index < -0.39 is 15.6 Å². The predicted octanol–water partition coefficient (Wildman–Crippen LogP) is 1.84. The van der Waals surface area contributed by atoms with Crippen molar-refractivity contribution >= 4 is 21.6 Å². The molecule has 5 nitrogen and oxygen atoms in total. The number of halogens is 1. The third kappa shape index (κ3) is 2.97. The standard InChI is InChI=1S/C12H14ClN3O2S/c1-12(9-13,10-5-3-2-4-6-10)16-19(17,18)11-7-14-15-8-11/h2-8,16H,9H2,1H3,(H,14,15). The fourth-order valence-corrected chi connectivity index (χ4v) is 3.31. The number of nitrogens with one attached hydrogen (secondary N) is 2. The number of aromatic amines is 1. The van der Waals surface area contributed by atoms with Crippen molar-refractivity contribution in [3.63, 3.8) is 0 Å². The highest BCUT2D eigenvalue weighted by Gasteiger charge is 2.32. The van der Waals surface area contributed by atoms with E-state index in [1.54, 1.807) is 6.92 Å². The summed E-state index contributed by atoms with van der Waals surface area (Å²) < 4.78 is 27.0. The van der Waals surface area contributed by atoms with E-state index in [4.69, 9.17) is 11.6 Å². The van der Waals surface area contributed by atoms with Gasteiger partial charge in [0, 0.05) is 12.1 Å². The lowest BCUT2D eigenvalue weighted by atomic mass is 9.96. The summed E-state index contributed by atoms with van der Waals surface area (Å²) in [6.07, 6.45) is 2.57. The van der Waals surface area contributed by atoms with Crippen LogP contribution in [0.25, 0.3) is 0 Å². The minimum Gasteiger partial charge on any atom is -0.284 e. The topological polar surface area (TPSA) is 74.8 Å². The molecule has 0 fully saturated rings. The van der Waals surface area contributed by atoms with Crippen molar-refractivity contribution in [2.45, 2.75) is 17.4 Å². The normalized spacial score (nSPS) is 15.1. The van der Waals surface area contributed by atoms with Gasteiger partial charge in [-0.15, -0.1) is 11.6 Å². The summed E-state index contributed by atoms with van der Waals surface area (Å²) in [7, 11) is -3.66. The van der Waals surface area contributed by atoms with Crippen molar-refractivity contribution in [2.75, 3.05) is 5.88 Å². The first-order chi connectivity index (χ1) is 8.98. The van der Waals surface area contributed by atoms with Crippen LogP contribution in [0.15, 0.2) is 47.6 Å². The van der Waals surface area contributed by atoms with Crippen molar-refractivity contribution in [2.24, 2.45) is 0 Å². The third-order valence-corrected chi connectivity index (χ3v) is 4.92. The van der Waals surface area contributed by atoms with E-state index in [-0.39, 0.29) is 10.8 Å². The summed E-state index contributed by atoms with van der Waals surface area (Å²) in [6, 6.07) is 9.21. The van der Waals surface area contributed by atoms with E-state index in [1.165, 1.54) is 12.4 Å². The Morgan fingerprint density at radius 3 is 2.58 bits per heavy atom. The van der Waals surface area contributed by atoms with Crippen LogP contribution in [-0.4, -0.2) is 24.5 Å². The number of benzene rings is 1. The van der Waals surface area contributed by atoms with Gasteiger partial charge in [-0.05, 0) is 12.5 Å². The highest BCUT2D eigenvalue weighted by atomic mass is 35.5. The van der Waals surface area contributed by atoms with Crippen molar-refractivity contribution < 1.29 is 8.42 Å². The van der Waals surface area contributed by atoms with Crippen LogP contribution in [0.5, 0.6) is 0 Å². The van der Waals surface area contributed by atoms with E-state index in [9.17, 15) is 8.42 Å². The second-order valence-corrected chi connectivity index (χ2v) is 6.32. The number of hydrogen-bond acceptors (Lipinski definition) is 3. The Morgan fingerprint density at radius 1 is 1.37 bits per heavy atom. The molecule has 1 unspecified atom stereocenters. The molecule has 1 atom stereocenters. The Labute approximate surface area is 117 Å². The van der Waals surface area contributed by atoms with Gasteiger partial charge in [0.2, 0.25) is 10.0 Å². The van der Waals surface area contributed by atoms with Gasteiger partial charge in [0.15, 0.2) is 0 Å². The Kier molecular flexibility index (Phi) is 3.93.